The molecule has 2 aromatic carbocycles. The number of likely N-dealkylation sites (N-methyl/N-ethyl adjacent to an activating group) is 1. The fourth-order valence-electron chi connectivity index (χ4n) is 4.28. The molecule has 0 amide bonds. The molecule has 3 heteroatoms. The number of fused-ring (bicyclic) bond motifs is 2. The Kier molecular flexibility index (Phi) is 3.00. The largest absolute Gasteiger partial charge is 0.463 e. The Morgan fingerprint density at radius 2 is 1.83 bits per heavy atom. The number of nitrogens with zero attached hydrogens (tertiary/aromatic N) is 1. The van der Waals surface area contributed by atoms with Crippen molar-refractivity contribution in [3.05, 3.63) is 52.6 Å². The first-order valence-corrected chi connectivity index (χ1v) is 8.66. The molecule has 0 saturated heterocycles. The predicted molar refractivity (Wildman–Crippen MR) is 100 cm³/mol. The van der Waals surface area contributed by atoms with Gasteiger partial charge in [0.25, 0.3) is 0 Å². The number of aryl methyl sites for hydroxylation is 2. The minimum absolute atomic E-state index is 0.121. The van der Waals surface area contributed by atoms with Gasteiger partial charge in [-0.2, -0.15) is 0 Å². The van der Waals surface area contributed by atoms with Crippen molar-refractivity contribution in [1.82, 2.24) is 0 Å². The van der Waals surface area contributed by atoms with Crippen LogP contribution in [-0.4, -0.2) is 19.3 Å². The van der Waals surface area contributed by atoms with Gasteiger partial charge in [0.2, 0.25) is 5.72 Å². The lowest BCUT2D eigenvalue weighted by atomic mass is 9.76. The van der Waals surface area contributed by atoms with E-state index in [1.54, 1.807) is 0 Å². The fraction of sp³-hybridized carbons (Fsp3) is 0.429. The van der Waals surface area contributed by atoms with Crippen molar-refractivity contribution < 1.29 is 4.74 Å². The van der Waals surface area contributed by atoms with E-state index in [2.05, 4.69) is 82.2 Å². The van der Waals surface area contributed by atoms with E-state index in [0.717, 1.165) is 18.0 Å². The van der Waals surface area contributed by atoms with Gasteiger partial charge in [0, 0.05) is 12.7 Å². The molecule has 126 valence electrons. The molecule has 1 unspecified atom stereocenters. The third-order valence-corrected chi connectivity index (χ3v) is 6.17. The number of anilines is 2. The highest BCUT2D eigenvalue weighted by molar-refractivity contribution is 5.71. The summed E-state index contributed by atoms with van der Waals surface area (Å²) < 4.78 is 6.81. The van der Waals surface area contributed by atoms with Crippen molar-refractivity contribution in [3.8, 4) is 5.75 Å². The van der Waals surface area contributed by atoms with Gasteiger partial charge in [0.05, 0.1) is 17.6 Å². The molecule has 24 heavy (non-hydrogen) atoms. The second-order valence-corrected chi connectivity index (χ2v) is 7.83. The molecule has 0 saturated carbocycles. The van der Waals surface area contributed by atoms with Crippen molar-refractivity contribution >= 4 is 11.4 Å². The number of hydrogen-bond acceptors (Lipinski definition) is 3. The van der Waals surface area contributed by atoms with E-state index in [1.807, 2.05) is 0 Å². The van der Waals surface area contributed by atoms with Crippen molar-refractivity contribution in [1.29, 1.82) is 0 Å². The lowest BCUT2D eigenvalue weighted by Crippen LogP contribution is -2.64. The van der Waals surface area contributed by atoms with Crippen molar-refractivity contribution in [2.45, 2.75) is 45.8 Å². The highest BCUT2D eigenvalue weighted by Gasteiger charge is 2.59. The number of ether oxygens (including phenoxy) is 1. The summed E-state index contributed by atoms with van der Waals surface area (Å²) in [7, 11) is 2.15. The lowest BCUT2D eigenvalue weighted by molar-refractivity contribution is 0.0192. The molecule has 0 aliphatic carbocycles. The maximum atomic E-state index is 6.81. The Morgan fingerprint density at radius 3 is 2.58 bits per heavy atom. The molecule has 4 rings (SSSR count). The zero-order chi connectivity index (χ0) is 17.3. The summed E-state index contributed by atoms with van der Waals surface area (Å²) in [4.78, 5) is 2.32. The minimum atomic E-state index is -0.422. The van der Waals surface area contributed by atoms with Gasteiger partial charge in [-0.05, 0) is 63.4 Å². The van der Waals surface area contributed by atoms with Gasteiger partial charge in [-0.25, -0.2) is 0 Å². The number of rotatable bonds is 0. The monoisotopic (exact) mass is 322 g/mol. The summed E-state index contributed by atoms with van der Waals surface area (Å²) in [6.45, 7) is 11.8. The van der Waals surface area contributed by atoms with E-state index in [9.17, 15) is 0 Å². The van der Waals surface area contributed by atoms with Crippen LogP contribution in [0.1, 0.15) is 36.1 Å². The topological polar surface area (TPSA) is 24.5 Å². The molecule has 0 radical (unpaired) electrons. The standard InChI is InChI=1S/C21H26N2O/c1-13-7-10-18-16(11-13)20(4,5)21(23(18)6)12-22-17-9-8-14(2)15(3)19(17)24-21/h7-11,22H,12H2,1-6H3. The highest BCUT2D eigenvalue weighted by atomic mass is 16.5. The third kappa shape index (κ3) is 1.73. The Hall–Kier alpha value is -2.16. The molecule has 1 spiro atoms. The van der Waals surface area contributed by atoms with Crippen LogP contribution < -0.4 is 15.0 Å². The quantitative estimate of drug-likeness (QED) is 0.770. The second-order valence-electron chi connectivity index (χ2n) is 7.83. The fourth-order valence-corrected chi connectivity index (χ4v) is 4.28. The van der Waals surface area contributed by atoms with E-state index in [1.165, 1.54) is 27.9 Å². The van der Waals surface area contributed by atoms with Gasteiger partial charge in [-0.3, -0.25) is 0 Å². The molecular formula is C21H26N2O. The van der Waals surface area contributed by atoms with Crippen molar-refractivity contribution in [2.75, 3.05) is 23.8 Å². The summed E-state index contributed by atoms with van der Waals surface area (Å²) in [5.74, 6) is 0.991. The number of benzene rings is 2. The van der Waals surface area contributed by atoms with Crippen LogP contribution in [0.3, 0.4) is 0 Å². The molecule has 1 atom stereocenters. The first-order valence-electron chi connectivity index (χ1n) is 8.66. The molecule has 0 fully saturated rings. The molecule has 0 bridgehead atoms. The minimum Gasteiger partial charge on any atom is -0.463 e. The SMILES string of the molecule is Cc1ccc2c(c1)C(C)(C)C1(CNc3ccc(C)c(C)c3O1)N2C. The molecule has 2 aliphatic heterocycles. The van der Waals surface area contributed by atoms with Crippen LogP contribution in [0, 0.1) is 20.8 Å². The number of hydrogen-bond donors (Lipinski definition) is 1. The predicted octanol–water partition coefficient (Wildman–Crippen LogP) is 4.54. The molecular weight excluding hydrogens is 296 g/mol. The van der Waals surface area contributed by atoms with Crippen LogP contribution >= 0.6 is 0 Å². The van der Waals surface area contributed by atoms with E-state index < -0.39 is 5.72 Å². The normalized spacial score (nSPS) is 23.5. The average Bonchev–Trinajstić information content (AvgIpc) is 2.71. The summed E-state index contributed by atoms with van der Waals surface area (Å²) in [6, 6.07) is 11.0. The zero-order valence-corrected chi connectivity index (χ0v) is 15.4. The third-order valence-electron chi connectivity index (χ3n) is 6.17. The van der Waals surface area contributed by atoms with Crippen LogP contribution in [0.25, 0.3) is 0 Å². The number of nitrogens with one attached hydrogen (secondary N) is 1. The average molecular weight is 322 g/mol. The van der Waals surface area contributed by atoms with E-state index >= 15 is 0 Å². The van der Waals surface area contributed by atoms with E-state index in [-0.39, 0.29) is 5.41 Å². The van der Waals surface area contributed by atoms with Crippen LogP contribution in [0.5, 0.6) is 5.75 Å². The molecule has 2 aromatic rings. The first-order chi connectivity index (χ1) is 11.3. The Balaban J connectivity index is 1.89. The molecule has 3 nitrogen and oxygen atoms in total. The zero-order valence-electron chi connectivity index (χ0n) is 15.4. The Bertz CT molecular complexity index is 840. The van der Waals surface area contributed by atoms with Gasteiger partial charge in [0.15, 0.2) is 0 Å². The van der Waals surface area contributed by atoms with Crippen LogP contribution in [-0.2, 0) is 5.41 Å². The van der Waals surface area contributed by atoms with Crippen molar-refractivity contribution in [3.63, 3.8) is 0 Å². The van der Waals surface area contributed by atoms with Gasteiger partial charge in [-0.15, -0.1) is 0 Å². The van der Waals surface area contributed by atoms with E-state index in [0.29, 0.717) is 0 Å². The Morgan fingerprint density at radius 1 is 1.08 bits per heavy atom. The molecule has 1 N–H and O–H groups in total. The summed E-state index contributed by atoms with van der Waals surface area (Å²) in [6.07, 6.45) is 0. The van der Waals surface area contributed by atoms with Crippen molar-refractivity contribution in [2.24, 2.45) is 0 Å². The van der Waals surface area contributed by atoms with Gasteiger partial charge >= 0.3 is 0 Å². The van der Waals surface area contributed by atoms with Crippen LogP contribution in [0.2, 0.25) is 0 Å². The van der Waals surface area contributed by atoms with Crippen LogP contribution in [0.4, 0.5) is 11.4 Å². The lowest BCUT2D eigenvalue weighted by Gasteiger charge is -2.49. The molecule has 0 aromatic heterocycles. The maximum absolute atomic E-state index is 6.81. The Labute approximate surface area is 144 Å². The molecule has 2 heterocycles. The second kappa shape index (κ2) is 4.69. The first kappa shape index (κ1) is 15.4. The van der Waals surface area contributed by atoms with Gasteiger partial charge in [0.1, 0.15) is 5.75 Å². The van der Waals surface area contributed by atoms with Gasteiger partial charge < -0.3 is 15.0 Å². The summed E-state index contributed by atoms with van der Waals surface area (Å²) in [5.41, 5.74) is 6.96. The van der Waals surface area contributed by atoms with Gasteiger partial charge in [-0.1, -0.05) is 23.8 Å². The maximum Gasteiger partial charge on any atom is 0.209 e. The van der Waals surface area contributed by atoms with Crippen LogP contribution in [0.15, 0.2) is 30.3 Å². The highest BCUT2D eigenvalue weighted by Crippen LogP contribution is 2.54. The van der Waals surface area contributed by atoms with E-state index in [4.69, 9.17) is 4.74 Å². The smallest absolute Gasteiger partial charge is 0.209 e. The summed E-state index contributed by atoms with van der Waals surface area (Å²) >= 11 is 0. The molecule has 2 aliphatic rings. The summed E-state index contributed by atoms with van der Waals surface area (Å²) in [5, 5.41) is 3.63.